The van der Waals surface area contributed by atoms with Gasteiger partial charge in [0, 0.05) is 5.56 Å². The van der Waals surface area contributed by atoms with Crippen LogP contribution in [0.3, 0.4) is 0 Å². The normalized spacial score (nSPS) is 10.7. The number of hydrogen-bond acceptors (Lipinski definition) is 4. The van der Waals surface area contributed by atoms with Crippen molar-refractivity contribution in [2.45, 2.75) is 20.0 Å². The summed E-state index contributed by atoms with van der Waals surface area (Å²) in [7, 11) is 0. The number of benzene rings is 3. The highest BCUT2D eigenvalue weighted by molar-refractivity contribution is 5.85. The van der Waals surface area contributed by atoms with Crippen molar-refractivity contribution in [3.8, 4) is 11.5 Å². The summed E-state index contributed by atoms with van der Waals surface area (Å²) in [5, 5.41) is 4.03. The zero-order valence-electron chi connectivity index (χ0n) is 16.4. The van der Waals surface area contributed by atoms with Gasteiger partial charge in [-0.15, -0.1) is 0 Å². The molecule has 0 aliphatic carbocycles. The molecule has 0 heterocycles. The van der Waals surface area contributed by atoms with Crippen molar-refractivity contribution < 1.29 is 14.3 Å². The molecule has 5 nitrogen and oxygen atoms in total. The Morgan fingerprint density at radius 2 is 1.59 bits per heavy atom. The molecule has 3 aromatic carbocycles. The first kappa shape index (κ1) is 20.1. The van der Waals surface area contributed by atoms with Gasteiger partial charge in [-0.3, -0.25) is 4.79 Å². The molecule has 0 unspecified atom stereocenters. The molecule has 0 spiro atoms. The van der Waals surface area contributed by atoms with Crippen molar-refractivity contribution >= 4 is 12.1 Å². The Hall–Kier alpha value is -3.60. The lowest BCUT2D eigenvalue weighted by Crippen LogP contribution is -2.24. The largest absolute Gasteiger partial charge is 0.488 e. The van der Waals surface area contributed by atoms with Crippen LogP contribution in [0.15, 0.2) is 84.0 Å². The van der Waals surface area contributed by atoms with Crippen molar-refractivity contribution in [3.05, 3.63) is 95.6 Å². The molecule has 3 aromatic rings. The Bertz CT molecular complexity index is 955. The maximum Gasteiger partial charge on any atom is 0.277 e. The predicted molar refractivity (Wildman–Crippen MR) is 114 cm³/mol. The van der Waals surface area contributed by atoms with Gasteiger partial charge >= 0.3 is 0 Å². The topological polar surface area (TPSA) is 59.9 Å². The van der Waals surface area contributed by atoms with Crippen LogP contribution in [0.5, 0.6) is 11.5 Å². The highest BCUT2D eigenvalue weighted by atomic mass is 16.5. The Morgan fingerprint density at radius 1 is 0.897 bits per heavy atom. The molecule has 148 valence electrons. The minimum absolute atomic E-state index is 0.0967. The highest BCUT2D eigenvalue weighted by Gasteiger charge is 2.05. The zero-order chi connectivity index (χ0) is 20.3. The zero-order valence-corrected chi connectivity index (χ0v) is 16.4. The van der Waals surface area contributed by atoms with E-state index in [1.54, 1.807) is 6.21 Å². The molecule has 29 heavy (non-hydrogen) atoms. The lowest BCUT2D eigenvalue weighted by molar-refractivity contribution is -0.123. The molecule has 0 radical (unpaired) electrons. The highest BCUT2D eigenvalue weighted by Crippen LogP contribution is 2.18. The fraction of sp³-hybridized carbons (Fsp3) is 0.167. The number of rotatable bonds is 9. The number of nitrogens with zero attached hydrogens (tertiary/aromatic N) is 1. The van der Waals surface area contributed by atoms with Crippen LogP contribution in [-0.2, 0) is 17.8 Å². The molecule has 5 heteroatoms. The van der Waals surface area contributed by atoms with E-state index < -0.39 is 0 Å². The first-order valence-corrected chi connectivity index (χ1v) is 9.54. The van der Waals surface area contributed by atoms with Gasteiger partial charge in [-0.2, -0.15) is 5.10 Å². The van der Waals surface area contributed by atoms with E-state index >= 15 is 0 Å². The third kappa shape index (κ3) is 6.21. The molecule has 0 saturated heterocycles. The molecule has 0 atom stereocenters. The van der Waals surface area contributed by atoms with Gasteiger partial charge in [0.2, 0.25) is 0 Å². The number of para-hydroxylation sites is 2. The van der Waals surface area contributed by atoms with Gasteiger partial charge < -0.3 is 9.47 Å². The van der Waals surface area contributed by atoms with Crippen LogP contribution in [0.4, 0.5) is 0 Å². The van der Waals surface area contributed by atoms with E-state index in [0.29, 0.717) is 18.1 Å². The standard InChI is InChI=1S/C24H24N2O3/c1-2-20-12-6-8-14-22(20)29-18-24(27)26-25-16-21-13-7-9-15-23(21)28-17-19-10-4-3-5-11-19/h3-16H,2,17-18H2,1H3,(H,26,27)/b25-16+. The number of aryl methyl sites for hydroxylation is 1. The van der Waals surface area contributed by atoms with E-state index in [-0.39, 0.29) is 12.5 Å². The van der Waals surface area contributed by atoms with Gasteiger partial charge in [0.25, 0.3) is 5.91 Å². The fourth-order valence-electron chi connectivity index (χ4n) is 2.74. The second-order valence-electron chi connectivity index (χ2n) is 6.36. The van der Waals surface area contributed by atoms with Crippen molar-refractivity contribution in [2.24, 2.45) is 5.10 Å². The van der Waals surface area contributed by atoms with Crippen molar-refractivity contribution in [1.29, 1.82) is 0 Å². The molecule has 0 fully saturated rings. The second kappa shape index (κ2) is 10.7. The predicted octanol–water partition coefficient (Wildman–Crippen LogP) is 4.36. The number of hydrogen-bond donors (Lipinski definition) is 1. The Labute approximate surface area is 171 Å². The average Bonchev–Trinajstić information content (AvgIpc) is 2.78. The number of carbonyl (C=O) groups is 1. The van der Waals surface area contributed by atoms with Crippen LogP contribution in [-0.4, -0.2) is 18.7 Å². The van der Waals surface area contributed by atoms with E-state index in [4.69, 9.17) is 9.47 Å². The number of hydrazone groups is 1. The summed E-state index contributed by atoms with van der Waals surface area (Å²) < 4.78 is 11.5. The lowest BCUT2D eigenvalue weighted by Gasteiger charge is -2.10. The van der Waals surface area contributed by atoms with Crippen LogP contribution in [0.1, 0.15) is 23.6 Å². The van der Waals surface area contributed by atoms with Gasteiger partial charge in [0.15, 0.2) is 6.61 Å². The molecule has 1 N–H and O–H groups in total. The summed E-state index contributed by atoms with van der Waals surface area (Å²) in [5.74, 6) is 1.09. The van der Waals surface area contributed by atoms with Crippen LogP contribution in [0.2, 0.25) is 0 Å². The van der Waals surface area contributed by atoms with Crippen molar-refractivity contribution in [3.63, 3.8) is 0 Å². The molecule has 0 aromatic heterocycles. The van der Waals surface area contributed by atoms with E-state index in [1.165, 1.54) is 0 Å². The van der Waals surface area contributed by atoms with Crippen LogP contribution >= 0.6 is 0 Å². The first-order chi connectivity index (χ1) is 14.3. The first-order valence-electron chi connectivity index (χ1n) is 9.54. The van der Waals surface area contributed by atoms with E-state index in [1.807, 2.05) is 85.8 Å². The number of carbonyl (C=O) groups excluding carboxylic acids is 1. The summed E-state index contributed by atoms with van der Waals surface area (Å²) in [6, 6.07) is 25.2. The number of nitrogens with one attached hydrogen (secondary N) is 1. The molecular weight excluding hydrogens is 364 g/mol. The maximum absolute atomic E-state index is 12.0. The third-order valence-electron chi connectivity index (χ3n) is 4.26. The Morgan fingerprint density at radius 3 is 2.38 bits per heavy atom. The smallest absolute Gasteiger partial charge is 0.277 e. The van der Waals surface area contributed by atoms with Gasteiger partial charge in [-0.1, -0.05) is 67.6 Å². The molecule has 0 saturated carbocycles. The number of ether oxygens (including phenoxy) is 2. The van der Waals surface area contributed by atoms with Crippen molar-refractivity contribution in [2.75, 3.05) is 6.61 Å². The number of amides is 1. The molecule has 0 aliphatic rings. The summed E-state index contributed by atoms with van der Waals surface area (Å²) in [6.07, 6.45) is 2.41. The van der Waals surface area contributed by atoms with Gasteiger partial charge in [0.05, 0.1) is 6.21 Å². The Balaban J connectivity index is 1.52. The van der Waals surface area contributed by atoms with Gasteiger partial charge in [0.1, 0.15) is 18.1 Å². The van der Waals surface area contributed by atoms with Gasteiger partial charge in [-0.05, 0) is 35.7 Å². The second-order valence-corrected chi connectivity index (χ2v) is 6.36. The molecule has 3 rings (SSSR count). The van der Waals surface area contributed by atoms with Gasteiger partial charge in [-0.25, -0.2) is 5.43 Å². The minimum Gasteiger partial charge on any atom is -0.488 e. The minimum atomic E-state index is -0.324. The monoisotopic (exact) mass is 388 g/mol. The fourth-order valence-corrected chi connectivity index (χ4v) is 2.74. The summed E-state index contributed by atoms with van der Waals surface area (Å²) in [6.45, 7) is 2.41. The molecule has 1 amide bonds. The molecule has 0 aliphatic heterocycles. The molecular formula is C24H24N2O3. The summed E-state index contributed by atoms with van der Waals surface area (Å²) >= 11 is 0. The lowest BCUT2D eigenvalue weighted by atomic mass is 10.1. The maximum atomic E-state index is 12.0. The quantitative estimate of drug-likeness (QED) is 0.438. The SMILES string of the molecule is CCc1ccccc1OCC(=O)N/N=C/c1ccccc1OCc1ccccc1. The Kier molecular flexibility index (Phi) is 7.41. The summed E-state index contributed by atoms with van der Waals surface area (Å²) in [5.41, 5.74) is 5.41. The van der Waals surface area contributed by atoms with Crippen LogP contribution < -0.4 is 14.9 Å². The molecule has 0 bridgehead atoms. The average molecular weight is 388 g/mol. The third-order valence-corrected chi connectivity index (χ3v) is 4.26. The van der Waals surface area contributed by atoms with Crippen LogP contribution in [0, 0.1) is 0 Å². The van der Waals surface area contributed by atoms with E-state index in [9.17, 15) is 4.79 Å². The van der Waals surface area contributed by atoms with Crippen LogP contribution in [0.25, 0.3) is 0 Å². The van der Waals surface area contributed by atoms with E-state index in [2.05, 4.69) is 10.5 Å². The summed E-state index contributed by atoms with van der Waals surface area (Å²) in [4.78, 5) is 12.0. The van der Waals surface area contributed by atoms with Crippen molar-refractivity contribution in [1.82, 2.24) is 5.43 Å². The van der Waals surface area contributed by atoms with E-state index in [0.717, 1.165) is 23.1 Å².